The van der Waals surface area contributed by atoms with Crippen LogP contribution in [0, 0.1) is 0 Å². The number of imidazole rings is 1. The number of benzene rings is 1. The minimum atomic E-state index is -0.272. The Morgan fingerprint density at radius 3 is 2.76 bits per heavy atom. The van der Waals surface area contributed by atoms with E-state index in [1.165, 1.54) is 0 Å². The molecule has 1 aliphatic heterocycles. The van der Waals surface area contributed by atoms with Crippen LogP contribution in [-0.2, 0) is 6.42 Å². The van der Waals surface area contributed by atoms with E-state index < -0.39 is 0 Å². The van der Waals surface area contributed by atoms with E-state index in [1.807, 2.05) is 56.6 Å². The predicted octanol–water partition coefficient (Wildman–Crippen LogP) is 2.22. The Morgan fingerprint density at radius 2 is 1.93 bits per heavy atom. The standard InChI is InChI=1S/C22H25N5O2/c1-25(2)13-7-12-23-21(28)20-24-19(18-10-5-6-14-26(18)20)22(29)27-15-11-16-8-3-4-9-17(16)27/h3-6,8-10,14H,7,11-13,15H2,1-2H3,(H,23,28). The number of aromatic nitrogens is 2. The number of rotatable bonds is 6. The summed E-state index contributed by atoms with van der Waals surface area (Å²) in [5.74, 6) is -0.211. The second-order valence-electron chi connectivity index (χ2n) is 7.49. The molecule has 0 fully saturated rings. The Bertz CT molecular complexity index is 1060. The number of para-hydroxylation sites is 1. The van der Waals surface area contributed by atoms with Crippen LogP contribution in [0.5, 0.6) is 0 Å². The Morgan fingerprint density at radius 1 is 1.14 bits per heavy atom. The smallest absolute Gasteiger partial charge is 0.287 e. The van der Waals surface area contributed by atoms with E-state index in [-0.39, 0.29) is 17.6 Å². The van der Waals surface area contributed by atoms with Crippen LogP contribution >= 0.6 is 0 Å². The van der Waals surface area contributed by atoms with E-state index in [1.54, 1.807) is 15.5 Å². The normalized spacial score (nSPS) is 13.1. The Hall–Kier alpha value is -3.19. The van der Waals surface area contributed by atoms with Crippen molar-refractivity contribution >= 4 is 23.0 Å². The fourth-order valence-electron chi connectivity index (χ4n) is 3.71. The van der Waals surface area contributed by atoms with Gasteiger partial charge in [0.15, 0.2) is 5.69 Å². The molecule has 0 bridgehead atoms. The lowest BCUT2D eigenvalue weighted by molar-refractivity contribution is 0.0941. The van der Waals surface area contributed by atoms with Gasteiger partial charge in [0.2, 0.25) is 5.82 Å². The van der Waals surface area contributed by atoms with Crippen molar-refractivity contribution in [1.82, 2.24) is 19.6 Å². The number of carbonyl (C=O) groups is 2. The van der Waals surface area contributed by atoms with Crippen molar-refractivity contribution in [2.75, 3.05) is 38.6 Å². The van der Waals surface area contributed by atoms with E-state index in [0.29, 0.717) is 24.3 Å². The number of fused-ring (bicyclic) bond motifs is 2. The van der Waals surface area contributed by atoms with Gasteiger partial charge in [-0.2, -0.15) is 0 Å². The number of nitrogens with one attached hydrogen (secondary N) is 1. The predicted molar refractivity (Wildman–Crippen MR) is 113 cm³/mol. The van der Waals surface area contributed by atoms with Crippen molar-refractivity contribution in [3.05, 3.63) is 65.7 Å². The third-order valence-corrected chi connectivity index (χ3v) is 5.15. The van der Waals surface area contributed by atoms with Gasteiger partial charge in [-0.1, -0.05) is 24.3 Å². The third-order valence-electron chi connectivity index (χ3n) is 5.15. The lowest BCUT2D eigenvalue weighted by Crippen LogP contribution is -2.30. The first-order valence-corrected chi connectivity index (χ1v) is 9.86. The first kappa shape index (κ1) is 19.1. The Labute approximate surface area is 169 Å². The molecular weight excluding hydrogens is 366 g/mol. The van der Waals surface area contributed by atoms with Gasteiger partial charge < -0.3 is 15.1 Å². The Balaban J connectivity index is 1.61. The summed E-state index contributed by atoms with van der Waals surface area (Å²) in [7, 11) is 4.00. The SMILES string of the molecule is CN(C)CCCNC(=O)c1nc(C(=O)N2CCc3ccccc32)c2ccccn12. The summed E-state index contributed by atoms with van der Waals surface area (Å²) in [6, 6.07) is 13.4. The van der Waals surface area contributed by atoms with Crippen LogP contribution in [0.4, 0.5) is 5.69 Å². The molecule has 0 unspecified atom stereocenters. The van der Waals surface area contributed by atoms with E-state index in [0.717, 1.165) is 30.6 Å². The van der Waals surface area contributed by atoms with E-state index in [2.05, 4.69) is 15.2 Å². The molecule has 0 saturated heterocycles. The lowest BCUT2D eigenvalue weighted by Gasteiger charge is -2.16. The highest BCUT2D eigenvalue weighted by atomic mass is 16.2. The zero-order valence-electron chi connectivity index (χ0n) is 16.8. The Kier molecular flexibility index (Phi) is 5.31. The minimum Gasteiger partial charge on any atom is -0.349 e. The molecule has 0 spiro atoms. The van der Waals surface area contributed by atoms with Crippen molar-refractivity contribution < 1.29 is 9.59 Å². The highest BCUT2D eigenvalue weighted by molar-refractivity contribution is 6.11. The van der Waals surface area contributed by atoms with Crippen molar-refractivity contribution in [3.63, 3.8) is 0 Å². The summed E-state index contributed by atoms with van der Waals surface area (Å²) < 4.78 is 1.69. The van der Waals surface area contributed by atoms with Gasteiger partial charge in [0.05, 0.1) is 5.52 Å². The molecule has 7 heteroatoms. The number of hydrogen-bond acceptors (Lipinski definition) is 4. The van der Waals surface area contributed by atoms with Gasteiger partial charge in [0, 0.05) is 25.0 Å². The average molecular weight is 391 g/mol. The molecule has 1 aromatic carbocycles. The summed E-state index contributed by atoms with van der Waals surface area (Å²) in [6.07, 6.45) is 3.44. The molecule has 29 heavy (non-hydrogen) atoms. The molecule has 1 N–H and O–H groups in total. The van der Waals surface area contributed by atoms with Crippen LogP contribution < -0.4 is 10.2 Å². The number of hydrogen-bond donors (Lipinski definition) is 1. The molecule has 150 valence electrons. The number of pyridine rings is 1. The van der Waals surface area contributed by atoms with E-state index in [4.69, 9.17) is 0 Å². The fourth-order valence-corrected chi connectivity index (χ4v) is 3.71. The number of nitrogens with zero attached hydrogens (tertiary/aromatic N) is 4. The van der Waals surface area contributed by atoms with E-state index in [9.17, 15) is 9.59 Å². The summed E-state index contributed by atoms with van der Waals surface area (Å²) in [5, 5.41) is 2.91. The summed E-state index contributed by atoms with van der Waals surface area (Å²) in [5.41, 5.74) is 3.02. The van der Waals surface area contributed by atoms with Crippen LogP contribution in [0.1, 0.15) is 33.1 Å². The molecule has 0 saturated carbocycles. The second-order valence-corrected chi connectivity index (χ2v) is 7.49. The number of anilines is 1. The van der Waals surface area contributed by atoms with Crippen molar-refractivity contribution in [2.45, 2.75) is 12.8 Å². The largest absolute Gasteiger partial charge is 0.349 e. The maximum Gasteiger partial charge on any atom is 0.287 e. The molecule has 0 atom stereocenters. The summed E-state index contributed by atoms with van der Waals surface area (Å²) in [4.78, 5) is 34.3. The first-order valence-electron chi connectivity index (χ1n) is 9.86. The average Bonchev–Trinajstić information content (AvgIpc) is 3.32. The molecule has 3 aromatic rings. The molecule has 2 aromatic heterocycles. The molecule has 1 aliphatic rings. The van der Waals surface area contributed by atoms with Crippen molar-refractivity contribution in [3.8, 4) is 0 Å². The van der Waals surface area contributed by atoms with Gasteiger partial charge in [-0.15, -0.1) is 0 Å². The maximum atomic E-state index is 13.3. The quantitative estimate of drug-likeness (QED) is 0.654. The van der Waals surface area contributed by atoms with Crippen LogP contribution in [0.3, 0.4) is 0 Å². The molecule has 0 radical (unpaired) electrons. The van der Waals surface area contributed by atoms with Crippen molar-refractivity contribution in [2.24, 2.45) is 0 Å². The number of carbonyl (C=O) groups excluding carboxylic acids is 2. The topological polar surface area (TPSA) is 70.0 Å². The van der Waals surface area contributed by atoms with Crippen LogP contribution in [-0.4, -0.2) is 59.8 Å². The molecular formula is C22H25N5O2. The second kappa shape index (κ2) is 8.05. The minimum absolute atomic E-state index is 0.176. The highest BCUT2D eigenvalue weighted by Crippen LogP contribution is 2.29. The van der Waals surface area contributed by atoms with Crippen LogP contribution in [0.25, 0.3) is 5.52 Å². The van der Waals surface area contributed by atoms with Gasteiger partial charge in [-0.25, -0.2) is 4.98 Å². The van der Waals surface area contributed by atoms with Gasteiger partial charge in [-0.05, 0) is 57.2 Å². The summed E-state index contributed by atoms with van der Waals surface area (Å²) >= 11 is 0. The van der Waals surface area contributed by atoms with Crippen molar-refractivity contribution in [1.29, 1.82) is 0 Å². The monoisotopic (exact) mass is 391 g/mol. The van der Waals surface area contributed by atoms with Gasteiger partial charge in [0.25, 0.3) is 11.8 Å². The molecule has 3 heterocycles. The molecule has 2 amide bonds. The maximum absolute atomic E-state index is 13.3. The highest BCUT2D eigenvalue weighted by Gasteiger charge is 2.29. The third kappa shape index (κ3) is 3.73. The fraction of sp³-hybridized carbons (Fsp3) is 0.318. The van der Waals surface area contributed by atoms with Gasteiger partial charge >= 0.3 is 0 Å². The van der Waals surface area contributed by atoms with Gasteiger partial charge in [-0.3, -0.25) is 14.0 Å². The lowest BCUT2D eigenvalue weighted by atomic mass is 10.2. The molecule has 0 aliphatic carbocycles. The molecule has 7 nitrogen and oxygen atoms in total. The zero-order valence-corrected chi connectivity index (χ0v) is 16.8. The van der Waals surface area contributed by atoms with Crippen LogP contribution in [0.15, 0.2) is 48.7 Å². The number of amides is 2. The van der Waals surface area contributed by atoms with Crippen LogP contribution in [0.2, 0.25) is 0 Å². The van der Waals surface area contributed by atoms with E-state index >= 15 is 0 Å². The molecule has 4 rings (SSSR count). The summed E-state index contributed by atoms with van der Waals surface area (Å²) in [6.45, 7) is 2.07. The van der Waals surface area contributed by atoms with Gasteiger partial charge in [0.1, 0.15) is 0 Å². The zero-order chi connectivity index (χ0) is 20.4. The first-order chi connectivity index (χ1) is 14.1.